The van der Waals surface area contributed by atoms with Gasteiger partial charge in [-0.25, -0.2) is 8.78 Å². The average molecular weight is 279 g/mol. The van der Waals surface area contributed by atoms with Gasteiger partial charge in [0.2, 0.25) is 0 Å². The largest absolute Gasteiger partial charge is 0.383 e. The van der Waals surface area contributed by atoms with Gasteiger partial charge in [-0.3, -0.25) is 4.79 Å². The van der Waals surface area contributed by atoms with Crippen LogP contribution in [0.1, 0.15) is 12.8 Å². The molecule has 102 valence electrons. The van der Waals surface area contributed by atoms with Gasteiger partial charge in [0.25, 0.3) is 5.91 Å². The molecule has 1 fully saturated rings. The van der Waals surface area contributed by atoms with Gasteiger partial charge >= 0.3 is 12.3 Å². The number of carbonyl (C=O) groups is 1. The van der Waals surface area contributed by atoms with E-state index in [9.17, 15) is 22.4 Å². The molecule has 17 heavy (non-hydrogen) atoms. The van der Waals surface area contributed by atoms with Gasteiger partial charge < -0.3 is 10.6 Å². The van der Waals surface area contributed by atoms with Crippen molar-refractivity contribution in [2.45, 2.75) is 25.2 Å². The Bertz CT molecular complexity index is 247. The standard InChI is InChI=1S/C9H14F4N2O.ClH/c10-7(11)9(12,13)8(16)15-5-6-2-1-3-14-4-6;/h6-7,14H,1-5H2,(H,15,16);1H. The van der Waals surface area contributed by atoms with Crippen molar-refractivity contribution < 1.29 is 22.4 Å². The fourth-order valence-electron chi connectivity index (χ4n) is 1.55. The number of hydrogen-bond acceptors (Lipinski definition) is 2. The van der Waals surface area contributed by atoms with Crippen LogP contribution in [0.2, 0.25) is 0 Å². The molecule has 0 aromatic heterocycles. The van der Waals surface area contributed by atoms with Crippen LogP contribution in [0, 0.1) is 5.92 Å². The molecular weight excluding hydrogens is 264 g/mol. The lowest BCUT2D eigenvalue weighted by atomic mass is 10.00. The van der Waals surface area contributed by atoms with E-state index in [4.69, 9.17) is 0 Å². The highest BCUT2D eigenvalue weighted by molar-refractivity contribution is 5.85. The molecule has 1 saturated heterocycles. The predicted octanol–water partition coefficient (Wildman–Crippen LogP) is 1.42. The van der Waals surface area contributed by atoms with Gasteiger partial charge in [0.05, 0.1) is 0 Å². The van der Waals surface area contributed by atoms with Crippen LogP contribution in [0.15, 0.2) is 0 Å². The second-order valence-electron chi connectivity index (χ2n) is 3.85. The van der Waals surface area contributed by atoms with Gasteiger partial charge in [0.15, 0.2) is 0 Å². The van der Waals surface area contributed by atoms with Gasteiger partial charge in [-0.1, -0.05) is 0 Å². The first-order chi connectivity index (χ1) is 7.44. The molecule has 8 heteroatoms. The lowest BCUT2D eigenvalue weighted by Crippen LogP contribution is -2.48. The molecule has 0 spiro atoms. The molecule has 0 aromatic rings. The fraction of sp³-hybridized carbons (Fsp3) is 0.889. The zero-order valence-electron chi connectivity index (χ0n) is 9.02. The van der Waals surface area contributed by atoms with E-state index in [-0.39, 0.29) is 24.9 Å². The number of rotatable bonds is 4. The van der Waals surface area contributed by atoms with E-state index in [1.54, 1.807) is 0 Å². The highest BCUT2D eigenvalue weighted by Crippen LogP contribution is 2.22. The zero-order chi connectivity index (χ0) is 12.2. The quantitative estimate of drug-likeness (QED) is 0.764. The molecule has 0 aromatic carbocycles. The van der Waals surface area contributed by atoms with Crippen LogP contribution < -0.4 is 10.6 Å². The first-order valence-electron chi connectivity index (χ1n) is 5.09. The molecule has 0 bridgehead atoms. The summed E-state index contributed by atoms with van der Waals surface area (Å²) in [6, 6.07) is 0. The van der Waals surface area contributed by atoms with E-state index in [0.29, 0.717) is 6.54 Å². The van der Waals surface area contributed by atoms with Crippen LogP contribution in [0.5, 0.6) is 0 Å². The number of halogens is 5. The first-order valence-corrected chi connectivity index (χ1v) is 5.09. The molecule has 1 atom stereocenters. The normalized spacial score (nSPS) is 20.9. The third-order valence-electron chi connectivity index (χ3n) is 2.53. The Kier molecular flexibility index (Phi) is 6.77. The summed E-state index contributed by atoms with van der Waals surface area (Å²) in [5.41, 5.74) is 0. The lowest BCUT2D eigenvalue weighted by molar-refractivity contribution is -0.169. The maximum Gasteiger partial charge on any atom is 0.383 e. The summed E-state index contributed by atoms with van der Waals surface area (Å²) in [6.45, 7) is 1.48. The monoisotopic (exact) mass is 278 g/mol. The minimum absolute atomic E-state index is 0. The van der Waals surface area contributed by atoms with Crippen LogP contribution in [0.3, 0.4) is 0 Å². The van der Waals surface area contributed by atoms with Gasteiger partial charge in [-0.05, 0) is 31.8 Å². The van der Waals surface area contributed by atoms with Crippen LogP contribution in [0.25, 0.3) is 0 Å². The highest BCUT2D eigenvalue weighted by atomic mass is 35.5. The smallest absolute Gasteiger partial charge is 0.350 e. The number of piperidine rings is 1. The molecule has 0 aliphatic carbocycles. The van der Waals surface area contributed by atoms with E-state index in [1.165, 1.54) is 0 Å². The van der Waals surface area contributed by atoms with Crippen molar-refractivity contribution in [2.24, 2.45) is 5.92 Å². The highest BCUT2D eigenvalue weighted by Gasteiger charge is 2.48. The van der Waals surface area contributed by atoms with Crippen LogP contribution in [0.4, 0.5) is 17.6 Å². The van der Waals surface area contributed by atoms with Gasteiger partial charge in [-0.2, -0.15) is 8.78 Å². The number of alkyl halides is 4. The van der Waals surface area contributed by atoms with E-state index in [2.05, 4.69) is 5.32 Å². The SMILES string of the molecule is Cl.O=C(NCC1CCCNC1)C(F)(F)C(F)F. The Morgan fingerprint density at radius 3 is 2.59 bits per heavy atom. The second kappa shape index (κ2) is 7.00. The van der Waals surface area contributed by atoms with Crippen molar-refractivity contribution >= 4 is 18.3 Å². The van der Waals surface area contributed by atoms with Crippen molar-refractivity contribution in [1.29, 1.82) is 0 Å². The van der Waals surface area contributed by atoms with Crippen molar-refractivity contribution in [3.05, 3.63) is 0 Å². The Labute approximate surface area is 103 Å². The third-order valence-corrected chi connectivity index (χ3v) is 2.53. The summed E-state index contributed by atoms with van der Waals surface area (Å²) < 4.78 is 48.6. The Hall–Kier alpha value is -0.560. The number of carbonyl (C=O) groups excluding carboxylic acids is 1. The second-order valence-corrected chi connectivity index (χ2v) is 3.85. The molecule has 1 rings (SSSR count). The maximum absolute atomic E-state index is 12.5. The fourth-order valence-corrected chi connectivity index (χ4v) is 1.55. The summed E-state index contributed by atoms with van der Waals surface area (Å²) in [5, 5.41) is 4.90. The summed E-state index contributed by atoms with van der Waals surface area (Å²) in [4.78, 5) is 10.8. The summed E-state index contributed by atoms with van der Waals surface area (Å²) in [7, 11) is 0. The summed E-state index contributed by atoms with van der Waals surface area (Å²) in [5.74, 6) is -6.46. The molecule has 1 amide bonds. The molecule has 1 aliphatic rings. The average Bonchev–Trinajstić information content (AvgIpc) is 2.27. The van der Waals surface area contributed by atoms with E-state index >= 15 is 0 Å². The number of amides is 1. The van der Waals surface area contributed by atoms with Crippen LogP contribution >= 0.6 is 12.4 Å². The molecule has 3 nitrogen and oxygen atoms in total. The van der Waals surface area contributed by atoms with E-state index < -0.39 is 18.3 Å². The van der Waals surface area contributed by atoms with Gasteiger partial charge in [-0.15, -0.1) is 12.4 Å². The molecule has 1 aliphatic heterocycles. The maximum atomic E-state index is 12.5. The minimum Gasteiger partial charge on any atom is -0.350 e. The Balaban J connectivity index is 0.00000256. The van der Waals surface area contributed by atoms with Crippen molar-refractivity contribution in [3.63, 3.8) is 0 Å². The van der Waals surface area contributed by atoms with E-state index in [0.717, 1.165) is 19.4 Å². The predicted molar refractivity (Wildman–Crippen MR) is 56.8 cm³/mol. The first kappa shape index (κ1) is 16.4. The van der Waals surface area contributed by atoms with Gasteiger partial charge in [0.1, 0.15) is 0 Å². The number of nitrogens with one attached hydrogen (secondary N) is 2. The van der Waals surface area contributed by atoms with Crippen LogP contribution in [-0.2, 0) is 4.79 Å². The van der Waals surface area contributed by atoms with Crippen molar-refractivity contribution in [2.75, 3.05) is 19.6 Å². The molecule has 0 radical (unpaired) electrons. The molecule has 2 N–H and O–H groups in total. The minimum atomic E-state index is -4.60. The summed E-state index contributed by atoms with van der Waals surface area (Å²) >= 11 is 0. The molecule has 1 heterocycles. The summed E-state index contributed by atoms with van der Waals surface area (Å²) in [6.07, 6.45) is -2.27. The van der Waals surface area contributed by atoms with E-state index in [1.807, 2.05) is 5.32 Å². The van der Waals surface area contributed by atoms with Crippen molar-refractivity contribution in [3.8, 4) is 0 Å². The van der Waals surface area contributed by atoms with Gasteiger partial charge in [0, 0.05) is 6.54 Å². The lowest BCUT2D eigenvalue weighted by Gasteiger charge is -2.24. The topological polar surface area (TPSA) is 41.1 Å². The third kappa shape index (κ3) is 4.67. The molecule has 0 saturated carbocycles. The Morgan fingerprint density at radius 2 is 2.12 bits per heavy atom. The van der Waals surface area contributed by atoms with Crippen molar-refractivity contribution in [1.82, 2.24) is 10.6 Å². The zero-order valence-corrected chi connectivity index (χ0v) is 9.84. The van der Waals surface area contributed by atoms with Crippen LogP contribution in [-0.4, -0.2) is 37.9 Å². The number of hydrogen-bond donors (Lipinski definition) is 2. The molecule has 1 unspecified atom stereocenters. The Morgan fingerprint density at radius 1 is 1.47 bits per heavy atom. The molecular formula is C9H15ClF4N2O.